The maximum Gasteiger partial charge on any atom is 0.0720 e. The van der Waals surface area contributed by atoms with Crippen molar-refractivity contribution in [3.63, 3.8) is 0 Å². The molecule has 0 bridgehead atoms. The molecular weight excluding hydrogens is 662 g/mol. The van der Waals surface area contributed by atoms with Crippen LogP contribution in [0.3, 0.4) is 0 Å². The number of benzene rings is 7. The van der Waals surface area contributed by atoms with E-state index in [9.17, 15) is 0 Å². The lowest BCUT2D eigenvalue weighted by Gasteiger charge is -2.46. The van der Waals surface area contributed by atoms with Crippen molar-refractivity contribution in [2.45, 2.75) is 31.1 Å². The second kappa shape index (κ2) is 11.0. The minimum atomic E-state index is -0.526. The van der Waals surface area contributed by atoms with Gasteiger partial charge in [-0.05, 0) is 96.7 Å². The van der Waals surface area contributed by atoms with Crippen LogP contribution in [0, 0.1) is 11.8 Å². The van der Waals surface area contributed by atoms with Crippen LogP contribution in [0.5, 0.6) is 0 Å². The third-order valence-electron chi connectivity index (χ3n) is 12.2. The zero-order valence-electron chi connectivity index (χ0n) is 29.5. The molecule has 7 aromatic carbocycles. The van der Waals surface area contributed by atoms with Crippen molar-refractivity contribution in [1.82, 2.24) is 0 Å². The zero-order chi connectivity index (χ0) is 35.5. The zero-order valence-corrected chi connectivity index (χ0v) is 30.3. The van der Waals surface area contributed by atoms with Crippen molar-refractivity contribution in [2.24, 2.45) is 0 Å². The molecule has 250 valence electrons. The molecule has 0 unspecified atom stereocenters. The third-order valence-corrected chi connectivity index (χ3v) is 12.4. The van der Waals surface area contributed by atoms with Gasteiger partial charge in [0.05, 0.1) is 11.1 Å². The molecule has 0 radical (unpaired) electrons. The smallest absolute Gasteiger partial charge is 0.0720 e. The Hall–Kier alpha value is -6.07. The van der Waals surface area contributed by atoms with E-state index < -0.39 is 5.41 Å². The quantitative estimate of drug-likeness (QED) is 0.178. The van der Waals surface area contributed by atoms with Crippen LogP contribution in [0.25, 0.3) is 49.7 Å². The summed E-state index contributed by atoms with van der Waals surface area (Å²) in [7, 11) is 0. The summed E-state index contributed by atoms with van der Waals surface area (Å²) >= 11 is 6.55. The molecule has 0 amide bonds. The number of fused-ring (bicyclic) bond motifs is 9. The summed E-state index contributed by atoms with van der Waals surface area (Å²) in [4.78, 5) is 0. The molecular formula is C51H34ClN. The molecule has 1 nitrogen and oxygen atoms in total. The Morgan fingerprint density at radius 2 is 1.26 bits per heavy atom. The van der Waals surface area contributed by atoms with Gasteiger partial charge in [0.1, 0.15) is 0 Å². The average Bonchev–Trinajstić information content (AvgIpc) is 3.34. The molecule has 2 heteroatoms. The van der Waals surface area contributed by atoms with Crippen LogP contribution in [0.2, 0.25) is 5.02 Å². The molecule has 1 aliphatic heterocycles. The Morgan fingerprint density at radius 3 is 2.06 bits per heavy atom. The highest BCUT2D eigenvalue weighted by atomic mass is 35.5. The minimum absolute atomic E-state index is 0.172. The maximum absolute atomic E-state index is 6.55. The van der Waals surface area contributed by atoms with E-state index in [4.69, 9.17) is 11.6 Å². The predicted molar refractivity (Wildman–Crippen MR) is 222 cm³/mol. The fourth-order valence-electron chi connectivity index (χ4n) is 9.92. The Labute approximate surface area is 315 Å². The van der Waals surface area contributed by atoms with E-state index in [1.165, 1.54) is 72.1 Å². The SMILES string of the molecule is CC1(C)c2ccccc2C2(c3ccccc31)c1ccc(C3=CC=CCC#C3)c3c1-c1c2ccc(-c2ccc4ccc(Cl)cc4c2)c1-c1ccccc1N3. The van der Waals surface area contributed by atoms with E-state index in [1.807, 2.05) is 6.07 Å². The summed E-state index contributed by atoms with van der Waals surface area (Å²) in [6, 6.07) is 49.7. The summed E-state index contributed by atoms with van der Waals surface area (Å²) in [6.07, 6.45) is 7.19. The van der Waals surface area contributed by atoms with Crippen molar-refractivity contribution in [3.05, 3.63) is 196 Å². The minimum Gasteiger partial charge on any atom is -0.354 e. The number of allylic oxidation sites excluding steroid dienone is 4. The van der Waals surface area contributed by atoms with Crippen LogP contribution in [0.15, 0.2) is 152 Å². The first-order valence-corrected chi connectivity index (χ1v) is 18.8. The first kappa shape index (κ1) is 30.5. The fourth-order valence-corrected chi connectivity index (χ4v) is 10.1. The molecule has 0 saturated carbocycles. The van der Waals surface area contributed by atoms with Crippen LogP contribution in [0.1, 0.15) is 59.2 Å². The fraction of sp³-hybridized carbons (Fsp3) is 0.0980. The van der Waals surface area contributed by atoms with Gasteiger partial charge in [0.2, 0.25) is 0 Å². The number of hydrogen-bond donors (Lipinski definition) is 1. The molecule has 0 fully saturated rings. The van der Waals surface area contributed by atoms with E-state index >= 15 is 0 Å². The summed E-state index contributed by atoms with van der Waals surface area (Å²) < 4.78 is 0. The summed E-state index contributed by atoms with van der Waals surface area (Å²) in [5.74, 6) is 6.91. The van der Waals surface area contributed by atoms with Crippen LogP contribution in [-0.2, 0) is 10.8 Å². The van der Waals surface area contributed by atoms with E-state index in [0.29, 0.717) is 0 Å². The van der Waals surface area contributed by atoms with Crippen molar-refractivity contribution in [3.8, 4) is 45.2 Å². The van der Waals surface area contributed by atoms with Crippen LogP contribution in [-0.4, -0.2) is 0 Å². The lowest BCUT2D eigenvalue weighted by molar-refractivity contribution is 0.563. The molecule has 4 aliphatic rings. The van der Waals surface area contributed by atoms with E-state index in [1.54, 1.807) is 0 Å². The molecule has 7 aromatic rings. The molecule has 3 aliphatic carbocycles. The van der Waals surface area contributed by atoms with Gasteiger partial charge in [0, 0.05) is 44.8 Å². The number of rotatable bonds is 2. The second-order valence-electron chi connectivity index (χ2n) is 15.2. The van der Waals surface area contributed by atoms with Gasteiger partial charge in [0.15, 0.2) is 0 Å². The first-order chi connectivity index (χ1) is 26.0. The van der Waals surface area contributed by atoms with Crippen LogP contribution >= 0.6 is 11.6 Å². The van der Waals surface area contributed by atoms with E-state index in [-0.39, 0.29) is 5.41 Å². The largest absolute Gasteiger partial charge is 0.354 e. The van der Waals surface area contributed by atoms with Crippen molar-refractivity contribution in [2.75, 3.05) is 5.32 Å². The number of nitrogens with one attached hydrogen (secondary N) is 1. The molecule has 1 N–H and O–H groups in total. The summed E-state index contributed by atoms with van der Waals surface area (Å²) in [5, 5.41) is 7.11. The topological polar surface area (TPSA) is 12.0 Å². The average molecular weight is 696 g/mol. The number of halogens is 1. The van der Waals surface area contributed by atoms with Gasteiger partial charge in [-0.1, -0.05) is 159 Å². The Bertz CT molecular complexity index is 2840. The standard InChI is InChI=1S/C51H34ClN/c1-50(2)39-16-8-10-18-41(39)51(42-19-11-9-17-40(42)50)43-27-25-36(33-22-21-31-23-24-35(52)30-34(31)29-33)46-38-15-7-12-20-45(38)53-49-37(32-13-5-3-4-6-14-32)26-28-44(51)48(49)47(43)46/h3,5,7-13,15-30,53H,4H2,1-2H3. The highest BCUT2D eigenvalue weighted by Crippen LogP contribution is 2.67. The Morgan fingerprint density at radius 1 is 0.585 bits per heavy atom. The van der Waals surface area contributed by atoms with Gasteiger partial charge in [-0.2, -0.15) is 0 Å². The molecule has 0 aromatic heterocycles. The maximum atomic E-state index is 6.55. The summed E-state index contributed by atoms with van der Waals surface area (Å²) in [5.41, 5.74) is 19.1. The molecule has 53 heavy (non-hydrogen) atoms. The van der Waals surface area contributed by atoms with Crippen molar-refractivity contribution in [1.29, 1.82) is 0 Å². The van der Waals surface area contributed by atoms with Crippen molar-refractivity contribution >= 4 is 39.3 Å². The number of anilines is 2. The lowest BCUT2D eigenvalue weighted by Crippen LogP contribution is -2.40. The predicted octanol–water partition coefficient (Wildman–Crippen LogP) is 13.2. The molecule has 1 spiro atoms. The van der Waals surface area contributed by atoms with Gasteiger partial charge in [-0.3, -0.25) is 0 Å². The monoisotopic (exact) mass is 695 g/mol. The van der Waals surface area contributed by atoms with Crippen LogP contribution in [0.4, 0.5) is 11.4 Å². The normalized spacial score (nSPS) is 15.9. The molecule has 0 atom stereocenters. The summed E-state index contributed by atoms with van der Waals surface area (Å²) in [6.45, 7) is 4.77. The lowest BCUT2D eigenvalue weighted by atomic mass is 9.55. The van der Waals surface area contributed by atoms with E-state index in [0.717, 1.165) is 39.3 Å². The first-order valence-electron chi connectivity index (χ1n) is 18.4. The van der Waals surface area contributed by atoms with Gasteiger partial charge < -0.3 is 5.32 Å². The van der Waals surface area contributed by atoms with Gasteiger partial charge in [-0.15, -0.1) is 0 Å². The molecule has 1 heterocycles. The van der Waals surface area contributed by atoms with Crippen LogP contribution < -0.4 is 5.32 Å². The highest BCUT2D eigenvalue weighted by Gasteiger charge is 2.55. The number of hydrogen-bond acceptors (Lipinski definition) is 1. The highest BCUT2D eigenvalue weighted by molar-refractivity contribution is 6.31. The third kappa shape index (κ3) is 4.05. The Balaban J connectivity index is 1.34. The second-order valence-corrected chi connectivity index (χ2v) is 15.6. The Kier molecular flexibility index (Phi) is 6.32. The number of para-hydroxylation sites is 1. The molecule has 0 saturated heterocycles. The van der Waals surface area contributed by atoms with Gasteiger partial charge >= 0.3 is 0 Å². The van der Waals surface area contributed by atoms with E-state index in [2.05, 4.69) is 177 Å². The van der Waals surface area contributed by atoms with Gasteiger partial charge in [0.25, 0.3) is 0 Å². The van der Waals surface area contributed by atoms with Gasteiger partial charge in [-0.25, -0.2) is 0 Å². The molecule has 11 rings (SSSR count). The van der Waals surface area contributed by atoms with Crippen molar-refractivity contribution < 1.29 is 0 Å².